The highest BCUT2D eigenvalue weighted by Crippen LogP contribution is 2.40. The van der Waals surface area contributed by atoms with Gasteiger partial charge in [0.05, 0.1) is 38.9 Å². The van der Waals surface area contributed by atoms with Gasteiger partial charge in [0, 0.05) is 5.41 Å². The minimum Gasteiger partial charge on any atom is -0.445 e. The summed E-state index contributed by atoms with van der Waals surface area (Å²) < 4.78 is 22.1. The smallest absolute Gasteiger partial charge is 0.407 e. The fourth-order valence-electron chi connectivity index (χ4n) is 2.67. The molecule has 3 aliphatic heterocycles. The molecular formula is C17H23NO6. The van der Waals surface area contributed by atoms with Gasteiger partial charge in [0.2, 0.25) is 0 Å². The molecule has 0 radical (unpaired) electrons. The van der Waals surface area contributed by atoms with Gasteiger partial charge in [-0.1, -0.05) is 37.3 Å². The zero-order valence-electron chi connectivity index (χ0n) is 13.7. The van der Waals surface area contributed by atoms with Crippen LogP contribution in [0.2, 0.25) is 0 Å². The van der Waals surface area contributed by atoms with Crippen molar-refractivity contribution < 1.29 is 28.8 Å². The van der Waals surface area contributed by atoms with Gasteiger partial charge >= 0.3 is 6.09 Å². The van der Waals surface area contributed by atoms with Gasteiger partial charge in [0.15, 0.2) is 0 Å². The third-order valence-corrected chi connectivity index (χ3v) is 4.17. The van der Waals surface area contributed by atoms with Gasteiger partial charge in [0.25, 0.3) is 5.97 Å². The largest absolute Gasteiger partial charge is 0.445 e. The first-order chi connectivity index (χ1) is 11.5. The monoisotopic (exact) mass is 337 g/mol. The predicted octanol–water partition coefficient (Wildman–Crippen LogP) is 1.40. The van der Waals surface area contributed by atoms with Crippen LogP contribution in [0.5, 0.6) is 0 Å². The van der Waals surface area contributed by atoms with Gasteiger partial charge in [-0.25, -0.2) is 4.79 Å². The SMILES string of the molecule is CC12COC(C[C@@H](CO)NC(=O)OCc3ccccc3)(OC1)OC2. The van der Waals surface area contributed by atoms with E-state index >= 15 is 0 Å². The molecule has 1 atom stereocenters. The molecule has 2 N–H and O–H groups in total. The van der Waals surface area contributed by atoms with E-state index in [2.05, 4.69) is 5.32 Å². The number of rotatable bonds is 6. The van der Waals surface area contributed by atoms with Crippen LogP contribution in [0.25, 0.3) is 0 Å². The molecule has 0 spiro atoms. The minimum absolute atomic E-state index is 0.126. The fraction of sp³-hybridized carbons (Fsp3) is 0.588. The third kappa shape index (κ3) is 4.05. The van der Waals surface area contributed by atoms with Crippen LogP contribution in [0.15, 0.2) is 30.3 Å². The Morgan fingerprint density at radius 2 is 1.88 bits per heavy atom. The number of benzene rings is 1. The van der Waals surface area contributed by atoms with Crippen molar-refractivity contribution in [1.82, 2.24) is 5.32 Å². The average Bonchev–Trinajstić information content (AvgIpc) is 2.62. The van der Waals surface area contributed by atoms with E-state index in [0.29, 0.717) is 19.8 Å². The number of aliphatic hydroxyl groups excluding tert-OH is 1. The number of amides is 1. The Morgan fingerprint density at radius 3 is 2.46 bits per heavy atom. The van der Waals surface area contributed by atoms with Crippen molar-refractivity contribution >= 4 is 6.09 Å². The normalized spacial score (nSPS) is 29.9. The van der Waals surface area contributed by atoms with E-state index in [1.807, 2.05) is 37.3 Å². The zero-order chi connectivity index (χ0) is 17.0. The Bertz CT molecular complexity index is 539. The lowest BCUT2D eigenvalue weighted by atomic mass is 9.91. The van der Waals surface area contributed by atoms with Crippen LogP contribution in [0.1, 0.15) is 18.9 Å². The minimum atomic E-state index is -1.20. The maximum absolute atomic E-state index is 11.9. The second-order valence-electron chi connectivity index (χ2n) is 6.65. The Kier molecular flexibility index (Phi) is 5.05. The molecule has 3 fully saturated rings. The summed E-state index contributed by atoms with van der Waals surface area (Å²) in [5.74, 6) is -1.20. The Morgan fingerprint density at radius 1 is 1.25 bits per heavy atom. The molecule has 1 amide bonds. The first-order valence-electron chi connectivity index (χ1n) is 8.03. The molecule has 3 saturated heterocycles. The Labute approximate surface area is 140 Å². The van der Waals surface area contributed by atoms with Gasteiger partial charge in [-0.15, -0.1) is 0 Å². The zero-order valence-corrected chi connectivity index (χ0v) is 13.7. The molecule has 132 valence electrons. The van der Waals surface area contributed by atoms with Crippen LogP contribution >= 0.6 is 0 Å². The highest BCUT2D eigenvalue weighted by molar-refractivity contribution is 5.67. The van der Waals surface area contributed by atoms with Crippen LogP contribution < -0.4 is 5.32 Å². The fourth-order valence-corrected chi connectivity index (χ4v) is 2.67. The van der Waals surface area contributed by atoms with Gasteiger partial charge in [-0.3, -0.25) is 0 Å². The lowest BCUT2D eigenvalue weighted by molar-refractivity contribution is -0.468. The summed E-state index contributed by atoms with van der Waals surface area (Å²) in [5.41, 5.74) is 0.763. The molecule has 0 aliphatic carbocycles. The second-order valence-corrected chi connectivity index (χ2v) is 6.65. The number of ether oxygens (including phenoxy) is 4. The lowest BCUT2D eigenvalue weighted by Gasteiger charge is -2.51. The van der Waals surface area contributed by atoms with Crippen LogP contribution in [0.4, 0.5) is 4.79 Å². The molecule has 0 aromatic heterocycles. The van der Waals surface area contributed by atoms with Gasteiger partial charge in [0.1, 0.15) is 6.61 Å². The number of carbonyl (C=O) groups is 1. The van der Waals surface area contributed by atoms with E-state index in [1.165, 1.54) is 0 Å². The molecule has 3 heterocycles. The van der Waals surface area contributed by atoms with Crippen LogP contribution in [0.3, 0.4) is 0 Å². The van der Waals surface area contributed by atoms with E-state index < -0.39 is 18.1 Å². The van der Waals surface area contributed by atoms with Crippen molar-refractivity contribution in [2.45, 2.75) is 32.0 Å². The average molecular weight is 337 g/mol. The summed E-state index contributed by atoms with van der Waals surface area (Å²) in [6.45, 7) is 3.52. The highest BCUT2D eigenvalue weighted by Gasteiger charge is 2.51. The number of fused-ring (bicyclic) bond motifs is 3. The van der Waals surface area contributed by atoms with Crippen molar-refractivity contribution in [2.24, 2.45) is 5.41 Å². The van der Waals surface area contributed by atoms with E-state index in [9.17, 15) is 9.90 Å². The highest BCUT2D eigenvalue weighted by atomic mass is 16.9. The molecule has 1 aromatic carbocycles. The Balaban J connectivity index is 1.48. The van der Waals surface area contributed by atoms with Gasteiger partial charge in [-0.05, 0) is 5.56 Å². The predicted molar refractivity (Wildman–Crippen MR) is 83.9 cm³/mol. The molecule has 2 bridgehead atoms. The van der Waals surface area contributed by atoms with Crippen LogP contribution in [-0.2, 0) is 25.6 Å². The maximum Gasteiger partial charge on any atom is 0.407 e. The molecule has 1 aromatic rings. The van der Waals surface area contributed by atoms with Crippen LogP contribution in [-0.4, -0.2) is 49.6 Å². The molecule has 24 heavy (non-hydrogen) atoms. The number of hydrogen-bond acceptors (Lipinski definition) is 6. The molecule has 0 unspecified atom stereocenters. The molecule has 7 nitrogen and oxygen atoms in total. The number of hydrogen-bond donors (Lipinski definition) is 2. The lowest BCUT2D eigenvalue weighted by Crippen LogP contribution is -2.61. The van der Waals surface area contributed by atoms with Gasteiger partial charge < -0.3 is 29.4 Å². The summed E-state index contributed by atoms with van der Waals surface area (Å²) in [5, 5.41) is 12.1. The van der Waals surface area contributed by atoms with Crippen molar-refractivity contribution in [3.8, 4) is 0 Å². The number of aliphatic hydroxyl groups is 1. The summed E-state index contributed by atoms with van der Waals surface area (Å²) in [7, 11) is 0. The number of alkyl carbamates (subject to hydrolysis) is 1. The molecule has 7 heteroatoms. The summed E-state index contributed by atoms with van der Waals surface area (Å²) in [6.07, 6.45) is -0.411. The number of carbonyl (C=O) groups excluding carboxylic acids is 1. The maximum atomic E-state index is 11.9. The van der Waals surface area contributed by atoms with Crippen molar-refractivity contribution in [1.29, 1.82) is 0 Å². The summed E-state index contributed by atoms with van der Waals surface area (Å²) in [4.78, 5) is 11.9. The van der Waals surface area contributed by atoms with Crippen molar-refractivity contribution in [3.63, 3.8) is 0 Å². The molecular weight excluding hydrogens is 314 g/mol. The standard InChI is InChI=1S/C17H23NO6/c1-16-10-22-17(23-11-16,24-12-16)7-14(8-19)18-15(20)21-9-13-5-3-2-4-6-13/h2-6,14,19H,7-12H2,1H3,(H,18,20)/t14-,16?,17?/m0/s1. The van der Waals surface area contributed by atoms with E-state index in [0.717, 1.165) is 5.56 Å². The topological polar surface area (TPSA) is 86.3 Å². The van der Waals surface area contributed by atoms with Crippen molar-refractivity contribution in [2.75, 3.05) is 26.4 Å². The van der Waals surface area contributed by atoms with Gasteiger partial charge in [-0.2, -0.15) is 0 Å². The molecule has 3 aliphatic rings. The van der Waals surface area contributed by atoms with E-state index in [4.69, 9.17) is 18.9 Å². The number of nitrogens with one attached hydrogen (secondary N) is 1. The third-order valence-electron chi connectivity index (χ3n) is 4.17. The second kappa shape index (κ2) is 7.06. The molecule has 4 rings (SSSR count). The summed E-state index contributed by atoms with van der Waals surface area (Å²) in [6, 6.07) is 8.79. The first kappa shape index (κ1) is 17.2. The van der Waals surface area contributed by atoms with Crippen LogP contribution in [0, 0.1) is 5.41 Å². The van der Waals surface area contributed by atoms with E-state index in [1.54, 1.807) is 0 Å². The summed E-state index contributed by atoms with van der Waals surface area (Å²) >= 11 is 0. The van der Waals surface area contributed by atoms with E-state index in [-0.39, 0.29) is 25.0 Å². The molecule has 0 saturated carbocycles. The Hall–Kier alpha value is -1.67. The van der Waals surface area contributed by atoms with Crippen molar-refractivity contribution in [3.05, 3.63) is 35.9 Å². The quantitative estimate of drug-likeness (QED) is 0.816. The first-order valence-corrected chi connectivity index (χ1v) is 8.03.